The molecule has 0 bridgehead atoms. The van der Waals surface area contributed by atoms with Crippen LogP contribution in [0.25, 0.3) is 6.08 Å². The predicted molar refractivity (Wildman–Crippen MR) is 114 cm³/mol. The highest BCUT2D eigenvalue weighted by atomic mass is 16.6. The smallest absolute Gasteiger partial charge is 0.363 e. The molecule has 0 amide bonds. The molecule has 7 nitrogen and oxygen atoms in total. The molecule has 0 fully saturated rings. The van der Waals surface area contributed by atoms with Gasteiger partial charge in [0.25, 0.3) is 5.69 Å². The van der Waals surface area contributed by atoms with Gasteiger partial charge in [0, 0.05) is 17.7 Å². The Hall–Kier alpha value is -3.48. The molecule has 1 heterocycles. The molecule has 0 saturated carbocycles. The first-order chi connectivity index (χ1) is 14.6. The van der Waals surface area contributed by atoms with E-state index in [1.165, 1.54) is 43.9 Å². The number of nitrogens with zero attached hydrogens (tertiary/aromatic N) is 2. The first-order valence-corrected chi connectivity index (χ1v) is 10.1. The molecule has 156 valence electrons. The van der Waals surface area contributed by atoms with E-state index in [0.717, 1.165) is 12.2 Å². The number of esters is 1. The van der Waals surface area contributed by atoms with Gasteiger partial charge in [-0.1, -0.05) is 32.6 Å². The molecule has 1 aliphatic rings. The minimum atomic E-state index is -0.559. The second kappa shape index (κ2) is 10.3. The molecule has 0 saturated heterocycles. The SMILES string of the molecule is CCCCCCCOc1ccc(C2=N/C(=C\c3ccc([N+](=O)[O-])cc3)C(=O)O2)cc1. The maximum Gasteiger partial charge on any atom is 0.363 e. The van der Waals surface area contributed by atoms with Crippen molar-refractivity contribution in [2.24, 2.45) is 4.99 Å². The monoisotopic (exact) mass is 408 g/mol. The highest BCUT2D eigenvalue weighted by Crippen LogP contribution is 2.22. The zero-order valence-corrected chi connectivity index (χ0v) is 16.9. The predicted octanol–water partition coefficient (Wildman–Crippen LogP) is 5.29. The van der Waals surface area contributed by atoms with Crippen LogP contribution in [0.15, 0.2) is 59.2 Å². The Morgan fingerprint density at radius 2 is 1.73 bits per heavy atom. The number of aliphatic imine (C=N–C) groups is 1. The highest BCUT2D eigenvalue weighted by molar-refractivity contribution is 6.12. The lowest BCUT2D eigenvalue weighted by Gasteiger charge is -2.07. The van der Waals surface area contributed by atoms with E-state index < -0.39 is 10.9 Å². The fourth-order valence-corrected chi connectivity index (χ4v) is 2.97. The number of non-ortho nitro benzene ring substituents is 1. The van der Waals surface area contributed by atoms with Crippen molar-refractivity contribution in [3.05, 3.63) is 75.5 Å². The standard InChI is InChI=1S/C23H24N2O5/c1-2-3-4-5-6-15-29-20-13-9-18(10-14-20)22-24-21(23(26)30-22)16-17-7-11-19(12-8-17)25(27)28/h7-14,16H,2-6,15H2,1H3/b21-16-. The van der Waals surface area contributed by atoms with Crippen LogP contribution in [-0.4, -0.2) is 23.4 Å². The number of nitro groups is 1. The average molecular weight is 408 g/mol. The van der Waals surface area contributed by atoms with Crippen LogP contribution in [0.4, 0.5) is 5.69 Å². The topological polar surface area (TPSA) is 91.0 Å². The lowest BCUT2D eigenvalue weighted by atomic mass is 10.2. The Morgan fingerprint density at radius 1 is 1.03 bits per heavy atom. The zero-order valence-electron chi connectivity index (χ0n) is 16.9. The third-order valence-electron chi connectivity index (χ3n) is 4.65. The van der Waals surface area contributed by atoms with Gasteiger partial charge >= 0.3 is 5.97 Å². The zero-order chi connectivity index (χ0) is 21.3. The van der Waals surface area contributed by atoms with Crippen LogP contribution in [0.3, 0.4) is 0 Å². The summed E-state index contributed by atoms with van der Waals surface area (Å²) in [6, 6.07) is 13.1. The van der Waals surface area contributed by atoms with Gasteiger partial charge in [0.2, 0.25) is 5.90 Å². The van der Waals surface area contributed by atoms with Gasteiger partial charge in [0.15, 0.2) is 5.70 Å². The molecule has 0 N–H and O–H groups in total. The molecule has 30 heavy (non-hydrogen) atoms. The summed E-state index contributed by atoms with van der Waals surface area (Å²) < 4.78 is 11.0. The van der Waals surface area contributed by atoms with Crippen molar-refractivity contribution in [3.63, 3.8) is 0 Å². The maximum atomic E-state index is 12.1. The quantitative estimate of drug-likeness (QED) is 0.175. The van der Waals surface area contributed by atoms with Crippen molar-refractivity contribution < 1.29 is 19.2 Å². The Bertz CT molecular complexity index is 947. The first kappa shape index (κ1) is 21.2. The van der Waals surface area contributed by atoms with Gasteiger partial charge in [-0.2, -0.15) is 0 Å². The number of cyclic esters (lactones) is 1. The summed E-state index contributed by atoms with van der Waals surface area (Å²) in [6.07, 6.45) is 7.46. The molecule has 2 aromatic rings. The van der Waals surface area contributed by atoms with Crippen LogP contribution in [0, 0.1) is 10.1 Å². The van der Waals surface area contributed by atoms with E-state index in [2.05, 4.69) is 11.9 Å². The lowest BCUT2D eigenvalue weighted by Crippen LogP contribution is -2.05. The lowest BCUT2D eigenvalue weighted by molar-refractivity contribution is -0.384. The summed E-state index contributed by atoms with van der Waals surface area (Å²) in [5.41, 5.74) is 1.43. The normalized spacial score (nSPS) is 14.5. The maximum absolute atomic E-state index is 12.1. The summed E-state index contributed by atoms with van der Waals surface area (Å²) in [7, 11) is 0. The molecule has 2 aromatic carbocycles. The van der Waals surface area contributed by atoms with Crippen molar-refractivity contribution in [1.82, 2.24) is 0 Å². The summed E-state index contributed by atoms with van der Waals surface area (Å²) in [5.74, 6) is 0.427. The number of carbonyl (C=O) groups is 1. The number of nitro benzene ring substituents is 1. The summed E-state index contributed by atoms with van der Waals surface area (Å²) in [5, 5.41) is 10.7. The van der Waals surface area contributed by atoms with Gasteiger partial charge in [0.05, 0.1) is 11.5 Å². The third kappa shape index (κ3) is 5.76. The molecule has 1 aliphatic heterocycles. The van der Waals surface area contributed by atoms with Crippen LogP contribution in [0.1, 0.15) is 50.2 Å². The molecule has 0 aromatic heterocycles. The van der Waals surface area contributed by atoms with Crippen LogP contribution < -0.4 is 4.74 Å². The van der Waals surface area contributed by atoms with E-state index in [9.17, 15) is 14.9 Å². The number of ether oxygens (including phenoxy) is 2. The minimum absolute atomic E-state index is 0.0152. The Balaban J connectivity index is 1.60. The van der Waals surface area contributed by atoms with Gasteiger partial charge < -0.3 is 9.47 Å². The first-order valence-electron chi connectivity index (χ1n) is 10.1. The van der Waals surface area contributed by atoms with E-state index in [0.29, 0.717) is 17.7 Å². The fourth-order valence-electron chi connectivity index (χ4n) is 2.97. The highest BCUT2D eigenvalue weighted by Gasteiger charge is 2.24. The second-order valence-electron chi connectivity index (χ2n) is 6.97. The van der Waals surface area contributed by atoms with Crippen molar-refractivity contribution in [1.29, 1.82) is 0 Å². The number of hydrogen-bond acceptors (Lipinski definition) is 6. The van der Waals surface area contributed by atoms with E-state index in [1.807, 2.05) is 12.1 Å². The van der Waals surface area contributed by atoms with Crippen LogP contribution in [0.5, 0.6) is 5.75 Å². The van der Waals surface area contributed by atoms with Gasteiger partial charge in [-0.15, -0.1) is 0 Å². The number of benzene rings is 2. The van der Waals surface area contributed by atoms with Crippen molar-refractivity contribution in [2.45, 2.75) is 39.0 Å². The summed E-state index contributed by atoms with van der Waals surface area (Å²) in [4.78, 5) is 26.6. The van der Waals surface area contributed by atoms with E-state index in [-0.39, 0.29) is 17.3 Å². The van der Waals surface area contributed by atoms with Gasteiger partial charge in [-0.25, -0.2) is 9.79 Å². The van der Waals surface area contributed by atoms with Crippen molar-refractivity contribution in [3.8, 4) is 5.75 Å². The molecule has 7 heteroatoms. The minimum Gasteiger partial charge on any atom is -0.494 e. The van der Waals surface area contributed by atoms with Crippen LogP contribution in [0.2, 0.25) is 0 Å². The molecule has 0 unspecified atom stereocenters. The Labute approximate surface area is 175 Å². The van der Waals surface area contributed by atoms with Crippen molar-refractivity contribution >= 4 is 23.6 Å². The number of unbranched alkanes of at least 4 members (excludes halogenated alkanes) is 4. The largest absolute Gasteiger partial charge is 0.494 e. The van der Waals surface area contributed by atoms with Crippen LogP contribution >= 0.6 is 0 Å². The molecule has 3 rings (SSSR count). The third-order valence-corrected chi connectivity index (χ3v) is 4.65. The number of rotatable bonds is 10. The van der Waals surface area contributed by atoms with E-state index in [1.54, 1.807) is 24.3 Å². The van der Waals surface area contributed by atoms with E-state index >= 15 is 0 Å². The summed E-state index contributed by atoms with van der Waals surface area (Å²) >= 11 is 0. The van der Waals surface area contributed by atoms with Crippen LogP contribution in [-0.2, 0) is 9.53 Å². The molecule has 0 spiro atoms. The Kier molecular flexibility index (Phi) is 7.32. The van der Waals surface area contributed by atoms with Gasteiger partial charge in [0.1, 0.15) is 5.75 Å². The summed E-state index contributed by atoms with van der Waals surface area (Å²) in [6.45, 7) is 2.87. The Morgan fingerprint density at radius 3 is 2.40 bits per heavy atom. The van der Waals surface area contributed by atoms with E-state index in [4.69, 9.17) is 9.47 Å². The molecule has 0 aliphatic carbocycles. The number of hydrogen-bond donors (Lipinski definition) is 0. The average Bonchev–Trinajstić information content (AvgIpc) is 3.11. The molecular weight excluding hydrogens is 384 g/mol. The van der Waals surface area contributed by atoms with Crippen molar-refractivity contribution in [2.75, 3.05) is 6.61 Å². The van der Waals surface area contributed by atoms with Gasteiger partial charge in [-0.3, -0.25) is 10.1 Å². The van der Waals surface area contributed by atoms with Gasteiger partial charge in [-0.05, 0) is 54.5 Å². The molecule has 0 radical (unpaired) electrons. The molecular formula is C23H24N2O5. The number of carbonyl (C=O) groups excluding carboxylic acids is 1. The second-order valence-corrected chi connectivity index (χ2v) is 6.97. The fraction of sp³-hybridized carbons (Fsp3) is 0.304. The molecule has 0 atom stereocenters.